The molecule has 1 atom stereocenters. The maximum absolute atomic E-state index is 13.5. The van der Waals surface area contributed by atoms with Crippen molar-refractivity contribution in [1.29, 1.82) is 0 Å². The number of ether oxygens (including phenoxy) is 1. The lowest BCUT2D eigenvalue weighted by Gasteiger charge is -2.30. The van der Waals surface area contributed by atoms with Gasteiger partial charge >= 0.3 is 5.97 Å². The number of hydrogen-bond donors (Lipinski definition) is 1. The Kier molecular flexibility index (Phi) is 7.93. The number of aromatic nitrogens is 1. The third-order valence-electron chi connectivity index (χ3n) is 6.98. The molecule has 1 unspecified atom stereocenters. The van der Waals surface area contributed by atoms with Crippen LogP contribution in [0, 0.1) is 5.92 Å². The summed E-state index contributed by atoms with van der Waals surface area (Å²) >= 11 is 6.20. The summed E-state index contributed by atoms with van der Waals surface area (Å²) in [6.45, 7) is 1.44. The fourth-order valence-corrected chi connectivity index (χ4v) is 4.89. The smallest absolute Gasteiger partial charge is 0.335 e. The number of pyridine rings is 1. The van der Waals surface area contributed by atoms with E-state index in [0.717, 1.165) is 19.3 Å². The summed E-state index contributed by atoms with van der Waals surface area (Å²) in [5.74, 6) is -0.657. The molecule has 1 aliphatic carbocycles. The van der Waals surface area contributed by atoms with Crippen LogP contribution in [0.3, 0.4) is 0 Å². The Hall–Kier alpha value is -3.71. The molecule has 7 nitrogen and oxygen atoms in total. The van der Waals surface area contributed by atoms with Crippen molar-refractivity contribution in [1.82, 2.24) is 4.57 Å². The van der Waals surface area contributed by atoms with Gasteiger partial charge in [-0.2, -0.15) is 0 Å². The molecule has 3 aromatic rings. The molecule has 1 aromatic heterocycles. The van der Waals surface area contributed by atoms with E-state index in [1.54, 1.807) is 30.3 Å². The standard InChI is InChI=1S/C29H28ClNO6/c1-17(32)22-11-10-21(30)14-23(22)24-15-28(34)31(16-27(24)37-2)25(12-18-4-3-5-18)26(33)13-19-6-8-20(9-7-19)29(35)36/h6-11,14-16,18,25H,3-5,12-13H2,1-2H3,(H,35,36). The highest BCUT2D eigenvalue weighted by molar-refractivity contribution is 6.31. The minimum atomic E-state index is -1.04. The minimum absolute atomic E-state index is 0.0660. The number of carboxylic acids is 1. The van der Waals surface area contributed by atoms with Crippen molar-refractivity contribution >= 4 is 29.1 Å². The molecule has 1 saturated carbocycles. The molecule has 8 heteroatoms. The molecule has 192 valence electrons. The second-order valence-electron chi connectivity index (χ2n) is 9.44. The van der Waals surface area contributed by atoms with Crippen LogP contribution in [0.5, 0.6) is 5.75 Å². The van der Waals surface area contributed by atoms with Gasteiger partial charge in [-0.3, -0.25) is 14.4 Å². The first kappa shape index (κ1) is 26.4. The average Bonchev–Trinajstić information content (AvgIpc) is 2.83. The van der Waals surface area contributed by atoms with E-state index in [2.05, 4.69) is 0 Å². The highest BCUT2D eigenvalue weighted by Gasteiger charge is 2.29. The summed E-state index contributed by atoms with van der Waals surface area (Å²) in [6, 6.07) is 11.7. The summed E-state index contributed by atoms with van der Waals surface area (Å²) in [7, 11) is 1.47. The molecular formula is C29H28ClNO6. The molecule has 0 spiro atoms. The summed E-state index contributed by atoms with van der Waals surface area (Å²) in [5.41, 5.74) is 1.76. The molecule has 0 aliphatic heterocycles. The summed E-state index contributed by atoms with van der Waals surface area (Å²) < 4.78 is 7.04. The topological polar surface area (TPSA) is 103 Å². The molecule has 2 aromatic carbocycles. The van der Waals surface area contributed by atoms with Crippen LogP contribution < -0.4 is 10.3 Å². The average molecular weight is 522 g/mol. The number of hydrogen-bond acceptors (Lipinski definition) is 5. The lowest BCUT2D eigenvalue weighted by Crippen LogP contribution is -2.33. The molecule has 1 heterocycles. The van der Waals surface area contributed by atoms with Crippen molar-refractivity contribution in [2.45, 2.75) is 45.1 Å². The molecule has 1 N–H and O–H groups in total. The van der Waals surface area contributed by atoms with Crippen molar-refractivity contribution in [3.05, 3.63) is 86.8 Å². The molecule has 0 bridgehead atoms. The quantitative estimate of drug-likeness (QED) is 0.347. The van der Waals surface area contributed by atoms with E-state index in [9.17, 15) is 19.2 Å². The fourth-order valence-electron chi connectivity index (χ4n) is 4.72. The SMILES string of the molecule is COc1cn(C(CC2CCC2)C(=O)Cc2ccc(C(=O)O)cc2)c(=O)cc1-c1cc(Cl)ccc1C(C)=O. The number of Topliss-reactive ketones (excluding diaryl/α,β-unsaturated/α-hetero) is 2. The molecule has 0 saturated heterocycles. The highest BCUT2D eigenvalue weighted by Crippen LogP contribution is 2.37. The number of rotatable bonds is 10. The lowest BCUT2D eigenvalue weighted by molar-refractivity contribution is -0.122. The van der Waals surface area contributed by atoms with Gasteiger partial charge in [-0.25, -0.2) is 4.79 Å². The fraction of sp³-hybridized carbons (Fsp3) is 0.310. The molecule has 37 heavy (non-hydrogen) atoms. The van der Waals surface area contributed by atoms with Crippen LogP contribution in [-0.4, -0.2) is 34.3 Å². The number of carboxylic acid groups (broad SMARTS) is 1. The number of carbonyl (C=O) groups excluding carboxylic acids is 2. The first-order valence-corrected chi connectivity index (χ1v) is 12.5. The van der Waals surface area contributed by atoms with Crippen molar-refractivity contribution in [2.75, 3.05) is 7.11 Å². The van der Waals surface area contributed by atoms with Gasteiger partial charge in [-0.15, -0.1) is 0 Å². The van der Waals surface area contributed by atoms with Crippen LogP contribution in [0.4, 0.5) is 0 Å². The summed E-state index contributed by atoms with van der Waals surface area (Å²) in [6.07, 6.45) is 5.25. The molecule has 0 radical (unpaired) electrons. The maximum Gasteiger partial charge on any atom is 0.335 e. The Balaban J connectivity index is 1.73. The van der Waals surface area contributed by atoms with Gasteiger partial charge in [-0.05, 0) is 60.7 Å². The Morgan fingerprint density at radius 2 is 1.78 bits per heavy atom. The monoisotopic (exact) mass is 521 g/mol. The van der Waals surface area contributed by atoms with E-state index >= 15 is 0 Å². The van der Waals surface area contributed by atoms with E-state index in [1.807, 2.05) is 0 Å². The van der Waals surface area contributed by atoms with Crippen LogP contribution in [0.25, 0.3) is 11.1 Å². The van der Waals surface area contributed by atoms with E-state index in [4.69, 9.17) is 21.4 Å². The first-order chi connectivity index (χ1) is 17.7. The van der Waals surface area contributed by atoms with Crippen molar-refractivity contribution in [3.8, 4) is 16.9 Å². The predicted octanol–water partition coefficient (Wildman–Crippen LogP) is 5.62. The molecule has 0 amide bonds. The summed E-state index contributed by atoms with van der Waals surface area (Å²) in [4.78, 5) is 50.3. The number of halogens is 1. The van der Waals surface area contributed by atoms with Crippen molar-refractivity contribution in [2.24, 2.45) is 5.92 Å². The molecule has 1 aliphatic rings. The zero-order valence-corrected chi connectivity index (χ0v) is 21.5. The molecule has 1 fully saturated rings. The van der Waals surface area contributed by atoms with Crippen molar-refractivity contribution in [3.63, 3.8) is 0 Å². The van der Waals surface area contributed by atoms with Gasteiger partial charge < -0.3 is 14.4 Å². The Morgan fingerprint density at radius 1 is 1.08 bits per heavy atom. The normalized spacial score (nSPS) is 14.0. The van der Waals surface area contributed by atoms with Crippen LogP contribution in [0.15, 0.2) is 59.5 Å². The number of carbonyl (C=O) groups is 3. The van der Waals surface area contributed by atoms with Gasteiger partial charge in [-0.1, -0.05) is 43.0 Å². The number of nitrogens with zero attached hydrogens (tertiary/aromatic N) is 1. The van der Waals surface area contributed by atoms with Gasteiger partial charge in [0, 0.05) is 28.6 Å². The molecular weight excluding hydrogens is 494 g/mol. The Bertz CT molecular complexity index is 1400. The van der Waals surface area contributed by atoms with E-state index in [0.29, 0.717) is 45.4 Å². The predicted molar refractivity (Wildman–Crippen MR) is 141 cm³/mol. The van der Waals surface area contributed by atoms with Crippen LogP contribution >= 0.6 is 11.6 Å². The zero-order valence-electron chi connectivity index (χ0n) is 20.7. The summed E-state index contributed by atoms with van der Waals surface area (Å²) in [5, 5.41) is 9.55. The van der Waals surface area contributed by atoms with Crippen LogP contribution in [-0.2, 0) is 11.2 Å². The first-order valence-electron chi connectivity index (χ1n) is 12.1. The third kappa shape index (κ3) is 5.83. The minimum Gasteiger partial charge on any atom is -0.495 e. The second-order valence-corrected chi connectivity index (χ2v) is 9.88. The van der Waals surface area contributed by atoms with E-state index in [-0.39, 0.29) is 29.1 Å². The van der Waals surface area contributed by atoms with E-state index in [1.165, 1.54) is 43.0 Å². The van der Waals surface area contributed by atoms with Crippen molar-refractivity contribution < 1.29 is 24.2 Å². The zero-order chi connectivity index (χ0) is 26.7. The van der Waals surface area contributed by atoms with Gasteiger partial charge in [0.2, 0.25) is 0 Å². The largest absolute Gasteiger partial charge is 0.495 e. The number of ketones is 2. The number of methoxy groups -OCH3 is 1. The Morgan fingerprint density at radius 3 is 2.35 bits per heavy atom. The lowest BCUT2D eigenvalue weighted by atomic mass is 9.79. The Labute approximate surface area is 219 Å². The van der Waals surface area contributed by atoms with Gasteiger partial charge in [0.25, 0.3) is 5.56 Å². The van der Waals surface area contributed by atoms with Gasteiger partial charge in [0.1, 0.15) is 5.75 Å². The molecule has 4 rings (SSSR count). The third-order valence-corrected chi connectivity index (χ3v) is 7.22. The second kappa shape index (κ2) is 11.1. The number of aromatic carboxylic acids is 1. The van der Waals surface area contributed by atoms with Crippen LogP contribution in [0.2, 0.25) is 5.02 Å². The number of benzene rings is 2. The highest BCUT2D eigenvalue weighted by atomic mass is 35.5. The maximum atomic E-state index is 13.5. The van der Waals surface area contributed by atoms with Gasteiger partial charge in [0.05, 0.1) is 24.9 Å². The van der Waals surface area contributed by atoms with Crippen LogP contribution in [0.1, 0.15) is 64.9 Å². The van der Waals surface area contributed by atoms with E-state index < -0.39 is 12.0 Å². The van der Waals surface area contributed by atoms with Gasteiger partial charge in [0.15, 0.2) is 11.6 Å².